The first kappa shape index (κ1) is 19.9. The Hall–Kier alpha value is -1.38. The second kappa shape index (κ2) is 6.74. The van der Waals surface area contributed by atoms with Crippen molar-refractivity contribution in [3.8, 4) is 0 Å². The van der Waals surface area contributed by atoms with Crippen LogP contribution in [0.4, 0.5) is 0 Å². The molecule has 0 aromatic carbocycles. The highest BCUT2D eigenvalue weighted by molar-refractivity contribution is 5.85. The molecule has 0 unspecified atom stereocenters. The number of carbonyl (C=O) groups excluding carboxylic acids is 2. The molecule has 2 aliphatic carbocycles. The van der Waals surface area contributed by atoms with Crippen LogP contribution in [-0.2, 0) is 14.3 Å². The molecule has 0 aliphatic heterocycles. The molecule has 25 heavy (non-hydrogen) atoms. The summed E-state index contributed by atoms with van der Waals surface area (Å²) < 4.78 is 5.56. The maximum absolute atomic E-state index is 12.6. The highest BCUT2D eigenvalue weighted by Crippen LogP contribution is 2.60. The van der Waals surface area contributed by atoms with Gasteiger partial charge in [-0.15, -0.1) is 0 Å². The van der Waals surface area contributed by atoms with Crippen LogP contribution < -0.4 is 0 Å². The molecule has 1 saturated carbocycles. The van der Waals surface area contributed by atoms with Crippen LogP contribution in [-0.4, -0.2) is 17.9 Å². The lowest BCUT2D eigenvalue weighted by Gasteiger charge is -2.45. The number of allylic oxidation sites excluding steroid dienone is 3. The van der Waals surface area contributed by atoms with E-state index in [-0.39, 0.29) is 16.8 Å². The minimum Gasteiger partial charge on any atom is -0.457 e. The minimum absolute atomic E-state index is 0.121. The molecule has 2 aliphatic rings. The van der Waals surface area contributed by atoms with E-state index in [9.17, 15) is 9.59 Å². The van der Waals surface area contributed by atoms with Crippen LogP contribution in [0.15, 0.2) is 22.8 Å². The Morgan fingerprint density at radius 3 is 2.36 bits per heavy atom. The zero-order valence-electron chi connectivity index (χ0n) is 17.0. The van der Waals surface area contributed by atoms with Gasteiger partial charge in [-0.2, -0.15) is 0 Å². The summed E-state index contributed by atoms with van der Waals surface area (Å²) in [6, 6.07) is 0. The van der Waals surface area contributed by atoms with Crippen LogP contribution >= 0.6 is 0 Å². The van der Waals surface area contributed by atoms with Crippen LogP contribution in [0.2, 0.25) is 0 Å². The van der Waals surface area contributed by atoms with E-state index in [1.54, 1.807) is 6.08 Å². The summed E-state index contributed by atoms with van der Waals surface area (Å²) in [5.74, 6) is 0.156. The number of aldehydes is 1. The number of esters is 1. The van der Waals surface area contributed by atoms with E-state index in [1.807, 2.05) is 20.8 Å². The van der Waals surface area contributed by atoms with E-state index >= 15 is 0 Å². The van der Waals surface area contributed by atoms with Gasteiger partial charge in [-0.3, -0.25) is 0 Å². The van der Waals surface area contributed by atoms with Crippen LogP contribution in [0.25, 0.3) is 0 Å². The monoisotopic (exact) mass is 346 g/mol. The van der Waals surface area contributed by atoms with Crippen molar-refractivity contribution in [2.45, 2.75) is 86.2 Å². The number of rotatable bonds is 4. The molecule has 0 spiro atoms. The van der Waals surface area contributed by atoms with Gasteiger partial charge in [-0.25, -0.2) is 4.79 Å². The predicted molar refractivity (Wildman–Crippen MR) is 101 cm³/mol. The van der Waals surface area contributed by atoms with Gasteiger partial charge in [0, 0.05) is 12.5 Å². The fraction of sp³-hybridized carbons (Fsp3) is 0.727. The topological polar surface area (TPSA) is 43.4 Å². The van der Waals surface area contributed by atoms with Gasteiger partial charge in [-0.05, 0) is 74.3 Å². The lowest BCUT2D eigenvalue weighted by Crippen LogP contribution is -2.35. The quantitative estimate of drug-likeness (QED) is 0.389. The molecule has 0 saturated heterocycles. The molecular weight excluding hydrogens is 312 g/mol. The van der Waals surface area contributed by atoms with Crippen molar-refractivity contribution in [2.24, 2.45) is 16.7 Å². The van der Waals surface area contributed by atoms with E-state index in [0.717, 1.165) is 37.5 Å². The smallest absolute Gasteiger partial charge is 0.331 e. The van der Waals surface area contributed by atoms with E-state index in [0.29, 0.717) is 12.3 Å². The van der Waals surface area contributed by atoms with Crippen LogP contribution in [0.5, 0.6) is 0 Å². The van der Waals surface area contributed by atoms with Crippen molar-refractivity contribution in [3.63, 3.8) is 0 Å². The first-order valence-electron chi connectivity index (χ1n) is 9.54. The van der Waals surface area contributed by atoms with Gasteiger partial charge in [0.25, 0.3) is 0 Å². The van der Waals surface area contributed by atoms with Crippen molar-refractivity contribution >= 4 is 12.3 Å². The number of hydrogen-bond donors (Lipinski definition) is 0. The van der Waals surface area contributed by atoms with E-state index in [1.165, 1.54) is 11.1 Å². The summed E-state index contributed by atoms with van der Waals surface area (Å²) in [4.78, 5) is 23.9. The molecule has 3 nitrogen and oxygen atoms in total. The van der Waals surface area contributed by atoms with Crippen molar-refractivity contribution in [1.29, 1.82) is 0 Å². The molecule has 0 heterocycles. The molecule has 2 rings (SSSR count). The molecule has 0 radical (unpaired) electrons. The van der Waals surface area contributed by atoms with Gasteiger partial charge >= 0.3 is 5.97 Å². The first-order valence-corrected chi connectivity index (χ1v) is 9.54. The number of fused-ring (bicyclic) bond motifs is 1. The zero-order chi connectivity index (χ0) is 19.0. The average Bonchev–Trinajstić information content (AvgIpc) is 2.79. The van der Waals surface area contributed by atoms with E-state index in [4.69, 9.17) is 4.74 Å². The fourth-order valence-corrected chi connectivity index (χ4v) is 4.45. The molecule has 3 heteroatoms. The first-order chi connectivity index (χ1) is 11.4. The van der Waals surface area contributed by atoms with Gasteiger partial charge in [0.15, 0.2) is 0 Å². The lowest BCUT2D eigenvalue weighted by atomic mass is 9.58. The van der Waals surface area contributed by atoms with E-state index < -0.39 is 5.60 Å². The van der Waals surface area contributed by atoms with Crippen LogP contribution in [0, 0.1) is 16.7 Å². The Morgan fingerprint density at radius 1 is 1.20 bits per heavy atom. The average molecular weight is 347 g/mol. The zero-order valence-corrected chi connectivity index (χ0v) is 17.0. The lowest BCUT2D eigenvalue weighted by molar-refractivity contribution is -0.148. The number of ether oxygens (including phenoxy) is 1. The Bertz CT molecular complexity index is 618. The number of carbonyl (C=O) groups is 2. The normalized spacial score (nSPS) is 31.4. The summed E-state index contributed by atoms with van der Waals surface area (Å²) in [6.07, 6.45) is 7.38. The summed E-state index contributed by atoms with van der Waals surface area (Å²) >= 11 is 0. The Labute approximate surface area is 152 Å². The second-order valence-electron chi connectivity index (χ2n) is 9.64. The van der Waals surface area contributed by atoms with Crippen LogP contribution in [0.3, 0.4) is 0 Å². The van der Waals surface area contributed by atoms with Gasteiger partial charge < -0.3 is 9.53 Å². The highest BCUT2D eigenvalue weighted by atomic mass is 16.6. The molecule has 1 fully saturated rings. The largest absolute Gasteiger partial charge is 0.457 e. The van der Waals surface area contributed by atoms with Gasteiger partial charge in [-0.1, -0.05) is 33.3 Å². The minimum atomic E-state index is -0.516. The molecular formula is C22H34O3. The van der Waals surface area contributed by atoms with Crippen molar-refractivity contribution < 1.29 is 14.3 Å². The second-order valence-corrected chi connectivity index (χ2v) is 9.64. The standard InChI is InChI=1S/C22H34O3/c1-15(2)16-8-9-22(7)11-10-21(6,12-13-23)17(19(16)22)14-18(24)25-20(3,4)5/h13-15H,8-12H2,1-7H3/b17-14-/t21-,22+/m0/s1. The Morgan fingerprint density at radius 2 is 1.84 bits per heavy atom. The molecule has 2 atom stereocenters. The maximum Gasteiger partial charge on any atom is 0.331 e. The maximum atomic E-state index is 12.6. The predicted octanol–water partition coefficient (Wildman–Crippen LogP) is 5.40. The molecule has 140 valence electrons. The molecule has 0 amide bonds. The van der Waals surface area contributed by atoms with Crippen molar-refractivity contribution in [2.75, 3.05) is 0 Å². The van der Waals surface area contributed by atoms with Gasteiger partial charge in [0.2, 0.25) is 0 Å². The summed E-state index contributed by atoms with van der Waals surface area (Å²) in [6.45, 7) is 14.5. The Balaban J connectivity index is 2.58. The third-order valence-corrected chi connectivity index (χ3v) is 5.92. The summed E-state index contributed by atoms with van der Waals surface area (Å²) in [7, 11) is 0. The fourth-order valence-electron chi connectivity index (χ4n) is 4.45. The van der Waals surface area contributed by atoms with Crippen LogP contribution in [0.1, 0.15) is 80.6 Å². The Kier molecular flexibility index (Phi) is 5.37. The molecule has 0 aromatic rings. The molecule has 0 N–H and O–H groups in total. The molecule has 0 bridgehead atoms. The molecule has 0 aromatic heterocycles. The highest BCUT2D eigenvalue weighted by Gasteiger charge is 2.48. The van der Waals surface area contributed by atoms with Gasteiger partial charge in [0.1, 0.15) is 11.9 Å². The third-order valence-electron chi connectivity index (χ3n) is 5.92. The van der Waals surface area contributed by atoms with Crippen molar-refractivity contribution in [1.82, 2.24) is 0 Å². The van der Waals surface area contributed by atoms with Gasteiger partial charge in [0.05, 0.1) is 0 Å². The summed E-state index contributed by atoms with van der Waals surface area (Å²) in [5.41, 5.74) is 3.16. The SMILES string of the molecule is CC(C)C1=C2/C(=C/C(=O)OC(C)(C)C)[C@](C)(CC=O)CC[C@@]2(C)CC1. The van der Waals surface area contributed by atoms with E-state index in [2.05, 4.69) is 27.7 Å². The number of hydrogen-bond acceptors (Lipinski definition) is 3. The van der Waals surface area contributed by atoms with Crippen molar-refractivity contribution in [3.05, 3.63) is 22.8 Å². The summed E-state index contributed by atoms with van der Waals surface area (Å²) in [5, 5.41) is 0. The third kappa shape index (κ3) is 4.07.